The molecule has 0 atom stereocenters. The predicted octanol–water partition coefficient (Wildman–Crippen LogP) is 2.82. The zero-order chi connectivity index (χ0) is 11.5. The van der Waals surface area contributed by atoms with Crippen molar-refractivity contribution < 1.29 is 4.79 Å². The summed E-state index contributed by atoms with van der Waals surface area (Å²) in [5.74, 6) is 0. The third-order valence-electron chi connectivity index (χ3n) is 3.19. The Balaban J connectivity index is 2.41. The van der Waals surface area contributed by atoms with E-state index in [-0.39, 0.29) is 22.2 Å². The molecular weight excluding hydrogens is 226 g/mol. The summed E-state index contributed by atoms with van der Waals surface area (Å²) < 4.78 is 1.66. The van der Waals surface area contributed by atoms with Gasteiger partial charge in [0.15, 0.2) is 6.29 Å². The SMILES string of the molecule is O=Cc1c(Cl)ccn(C2CCCCC2)c1=O. The molecule has 3 nitrogen and oxygen atoms in total. The lowest BCUT2D eigenvalue weighted by Crippen LogP contribution is -2.28. The van der Waals surface area contributed by atoms with Gasteiger partial charge in [-0.1, -0.05) is 30.9 Å². The second-order valence-electron chi connectivity index (χ2n) is 4.20. The molecule has 2 rings (SSSR count). The van der Waals surface area contributed by atoms with Gasteiger partial charge in [-0.25, -0.2) is 0 Å². The molecule has 0 aliphatic heterocycles. The van der Waals surface area contributed by atoms with E-state index in [9.17, 15) is 9.59 Å². The van der Waals surface area contributed by atoms with Gasteiger partial charge in [-0.3, -0.25) is 9.59 Å². The van der Waals surface area contributed by atoms with Crippen molar-refractivity contribution in [3.05, 3.63) is 33.2 Å². The maximum atomic E-state index is 12.0. The van der Waals surface area contributed by atoms with Crippen LogP contribution in [0.3, 0.4) is 0 Å². The summed E-state index contributed by atoms with van der Waals surface area (Å²) >= 11 is 5.80. The van der Waals surface area contributed by atoms with Crippen molar-refractivity contribution in [1.29, 1.82) is 0 Å². The smallest absolute Gasteiger partial charge is 0.262 e. The molecule has 0 saturated heterocycles. The van der Waals surface area contributed by atoms with Gasteiger partial charge in [0.05, 0.1) is 10.6 Å². The molecule has 1 saturated carbocycles. The second-order valence-corrected chi connectivity index (χ2v) is 4.61. The van der Waals surface area contributed by atoms with E-state index in [2.05, 4.69) is 0 Å². The normalized spacial score (nSPS) is 17.3. The van der Waals surface area contributed by atoms with Crippen LogP contribution in [0.5, 0.6) is 0 Å². The first-order valence-electron chi connectivity index (χ1n) is 5.60. The van der Waals surface area contributed by atoms with Gasteiger partial charge in [0.2, 0.25) is 0 Å². The van der Waals surface area contributed by atoms with Crippen molar-refractivity contribution in [3.8, 4) is 0 Å². The van der Waals surface area contributed by atoms with Gasteiger partial charge in [0, 0.05) is 12.2 Å². The number of carbonyl (C=O) groups excluding carboxylic acids is 1. The van der Waals surface area contributed by atoms with Gasteiger partial charge in [-0.2, -0.15) is 0 Å². The molecule has 1 aliphatic carbocycles. The second kappa shape index (κ2) is 4.83. The topological polar surface area (TPSA) is 39.1 Å². The lowest BCUT2D eigenvalue weighted by molar-refractivity contribution is 0.112. The lowest BCUT2D eigenvalue weighted by atomic mass is 9.95. The largest absolute Gasteiger partial charge is 0.312 e. The van der Waals surface area contributed by atoms with E-state index in [1.54, 1.807) is 16.8 Å². The molecule has 1 aromatic rings. The monoisotopic (exact) mass is 239 g/mol. The van der Waals surface area contributed by atoms with E-state index in [1.807, 2.05) is 0 Å². The summed E-state index contributed by atoms with van der Waals surface area (Å²) in [7, 11) is 0. The Kier molecular flexibility index (Phi) is 3.44. The summed E-state index contributed by atoms with van der Waals surface area (Å²) in [6.07, 6.45) is 7.81. The number of carbonyl (C=O) groups is 1. The lowest BCUT2D eigenvalue weighted by Gasteiger charge is -2.24. The molecule has 4 heteroatoms. The minimum Gasteiger partial charge on any atom is -0.312 e. The zero-order valence-electron chi connectivity index (χ0n) is 8.99. The molecule has 86 valence electrons. The first kappa shape index (κ1) is 11.4. The molecule has 0 amide bonds. The highest BCUT2D eigenvalue weighted by Gasteiger charge is 2.18. The van der Waals surface area contributed by atoms with E-state index in [4.69, 9.17) is 11.6 Å². The van der Waals surface area contributed by atoms with Crippen molar-refractivity contribution in [3.63, 3.8) is 0 Å². The highest BCUT2D eigenvalue weighted by atomic mass is 35.5. The van der Waals surface area contributed by atoms with Crippen LogP contribution in [-0.2, 0) is 0 Å². The number of aromatic nitrogens is 1. The molecular formula is C12H14ClNO2. The van der Waals surface area contributed by atoms with Crippen LogP contribution in [-0.4, -0.2) is 10.9 Å². The molecule has 1 aromatic heterocycles. The van der Waals surface area contributed by atoms with E-state index in [1.165, 1.54) is 6.42 Å². The maximum Gasteiger partial charge on any atom is 0.262 e. The number of halogens is 1. The quantitative estimate of drug-likeness (QED) is 0.745. The van der Waals surface area contributed by atoms with Crippen LogP contribution in [0, 0.1) is 0 Å². The van der Waals surface area contributed by atoms with Gasteiger partial charge in [0.25, 0.3) is 5.56 Å². The fourth-order valence-corrected chi connectivity index (χ4v) is 2.48. The Morgan fingerprint density at radius 1 is 1.31 bits per heavy atom. The highest BCUT2D eigenvalue weighted by molar-refractivity contribution is 6.32. The Labute approximate surface area is 99.0 Å². The molecule has 0 unspecified atom stereocenters. The molecule has 0 radical (unpaired) electrons. The molecule has 0 aromatic carbocycles. The van der Waals surface area contributed by atoms with Crippen LogP contribution in [0.4, 0.5) is 0 Å². The highest BCUT2D eigenvalue weighted by Crippen LogP contribution is 2.27. The van der Waals surface area contributed by atoms with E-state index >= 15 is 0 Å². The average molecular weight is 240 g/mol. The number of nitrogens with zero attached hydrogens (tertiary/aromatic N) is 1. The molecule has 0 bridgehead atoms. The molecule has 0 N–H and O–H groups in total. The Morgan fingerprint density at radius 3 is 2.62 bits per heavy atom. The molecule has 0 spiro atoms. The van der Waals surface area contributed by atoms with Crippen molar-refractivity contribution in [2.75, 3.05) is 0 Å². The van der Waals surface area contributed by atoms with Gasteiger partial charge in [-0.15, -0.1) is 0 Å². The summed E-state index contributed by atoms with van der Waals surface area (Å²) in [5.41, 5.74) is -0.177. The zero-order valence-corrected chi connectivity index (χ0v) is 9.74. The standard InChI is InChI=1S/C12H14ClNO2/c13-11-6-7-14(12(16)10(11)8-15)9-4-2-1-3-5-9/h6-9H,1-5H2. The summed E-state index contributed by atoms with van der Waals surface area (Å²) in [6.45, 7) is 0. The number of aldehydes is 1. The fourth-order valence-electron chi connectivity index (χ4n) is 2.30. The Hall–Kier alpha value is -1.09. The van der Waals surface area contributed by atoms with Gasteiger partial charge in [0.1, 0.15) is 0 Å². The minimum atomic E-state index is -0.255. The van der Waals surface area contributed by atoms with Gasteiger partial charge < -0.3 is 4.57 Å². The number of rotatable bonds is 2. The number of hydrogen-bond acceptors (Lipinski definition) is 2. The summed E-state index contributed by atoms with van der Waals surface area (Å²) in [6, 6.07) is 1.86. The minimum absolute atomic E-state index is 0.0785. The van der Waals surface area contributed by atoms with Crippen LogP contribution in [0.25, 0.3) is 0 Å². The predicted molar refractivity (Wildman–Crippen MR) is 63.2 cm³/mol. The van der Waals surface area contributed by atoms with E-state index in [0.29, 0.717) is 6.29 Å². The molecule has 1 fully saturated rings. The first-order chi connectivity index (χ1) is 7.74. The average Bonchev–Trinajstić information content (AvgIpc) is 2.31. The van der Waals surface area contributed by atoms with E-state index in [0.717, 1.165) is 25.7 Å². The van der Waals surface area contributed by atoms with Crippen molar-refractivity contribution in [1.82, 2.24) is 4.57 Å². The molecule has 16 heavy (non-hydrogen) atoms. The van der Waals surface area contributed by atoms with Crippen molar-refractivity contribution in [2.24, 2.45) is 0 Å². The van der Waals surface area contributed by atoms with Crippen LogP contribution < -0.4 is 5.56 Å². The van der Waals surface area contributed by atoms with Crippen LogP contribution in [0.1, 0.15) is 48.5 Å². The molecule has 1 aliphatic rings. The number of hydrogen-bond donors (Lipinski definition) is 0. The van der Waals surface area contributed by atoms with Crippen LogP contribution >= 0.6 is 11.6 Å². The van der Waals surface area contributed by atoms with Crippen LogP contribution in [0.15, 0.2) is 17.1 Å². The molecule has 1 heterocycles. The number of pyridine rings is 1. The Morgan fingerprint density at radius 2 is 2.00 bits per heavy atom. The summed E-state index contributed by atoms with van der Waals surface area (Å²) in [5, 5.41) is 0.243. The van der Waals surface area contributed by atoms with Gasteiger partial charge >= 0.3 is 0 Å². The van der Waals surface area contributed by atoms with Crippen molar-refractivity contribution >= 4 is 17.9 Å². The summed E-state index contributed by atoms with van der Waals surface area (Å²) in [4.78, 5) is 22.8. The Bertz CT molecular complexity index is 447. The van der Waals surface area contributed by atoms with E-state index < -0.39 is 0 Å². The third-order valence-corrected chi connectivity index (χ3v) is 3.52. The van der Waals surface area contributed by atoms with Crippen LogP contribution in [0.2, 0.25) is 5.02 Å². The van der Waals surface area contributed by atoms with Gasteiger partial charge in [-0.05, 0) is 18.9 Å². The third kappa shape index (κ3) is 2.05. The van der Waals surface area contributed by atoms with Crippen molar-refractivity contribution in [2.45, 2.75) is 38.1 Å². The maximum absolute atomic E-state index is 12.0. The first-order valence-corrected chi connectivity index (χ1v) is 5.97. The fraction of sp³-hybridized carbons (Fsp3) is 0.500.